The third-order valence-corrected chi connectivity index (χ3v) is 5.55. The second-order valence-corrected chi connectivity index (χ2v) is 7.93. The zero-order chi connectivity index (χ0) is 23.6. The van der Waals surface area contributed by atoms with Gasteiger partial charge in [-0.1, -0.05) is 5.21 Å². The van der Waals surface area contributed by atoms with Gasteiger partial charge in [0.2, 0.25) is 11.9 Å². The van der Waals surface area contributed by atoms with Crippen molar-refractivity contribution < 1.29 is 27.8 Å². The van der Waals surface area contributed by atoms with E-state index < -0.39 is 18.9 Å². The van der Waals surface area contributed by atoms with Gasteiger partial charge in [-0.15, -0.1) is 5.10 Å². The van der Waals surface area contributed by atoms with Crippen molar-refractivity contribution in [3.8, 4) is 11.4 Å². The molecule has 4 N–H and O–H groups in total. The van der Waals surface area contributed by atoms with Gasteiger partial charge < -0.3 is 20.9 Å². The van der Waals surface area contributed by atoms with Gasteiger partial charge in [0.15, 0.2) is 17.3 Å². The zero-order valence-corrected chi connectivity index (χ0v) is 17.4. The summed E-state index contributed by atoms with van der Waals surface area (Å²) in [5.41, 5.74) is 6.84. The Balaban J connectivity index is 1.42. The number of aliphatic hydroxyl groups is 1. The van der Waals surface area contributed by atoms with Crippen molar-refractivity contribution in [1.29, 1.82) is 0 Å². The predicted octanol–water partition coefficient (Wildman–Crippen LogP) is 1.83. The van der Waals surface area contributed by atoms with Crippen LogP contribution in [0.25, 0.3) is 16.9 Å². The molecule has 10 nitrogen and oxygen atoms in total. The standard InChI is InChI=1S/C20H22F3N7O3/c21-20(22,23)16(31)10-33-14-5-3-13(4-6-14)30-18-15(28-29-30)9-26-19(27-18)25-8-11-1-2-12(7-11)17(24)32/h3-6,9,11-12,16,31H,1-2,7-8,10H2,(H2,24,32)(H,25,26,27)/t11?,12-,16+/m1/s1. The number of anilines is 1. The molecule has 2 aromatic heterocycles. The van der Waals surface area contributed by atoms with Gasteiger partial charge in [0, 0.05) is 12.5 Å². The zero-order valence-electron chi connectivity index (χ0n) is 17.4. The first-order valence-corrected chi connectivity index (χ1v) is 10.3. The fourth-order valence-electron chi connectivity index (χ4n) is 3.69. The third-order valence-electron chi connectivity index (χ3n) is 5.55. The number of nitrogens with zero attached hydrogens (tertiary/aromatic N) is 5. The molecule has 2 heterocycles. The molecule has 33 heavy (non-hydrogen) atoms. The minimum absolute atomic E-state index is 0.0884. The number of benzene rings is 1. The Morgan fingerprint density at radius 1 is 1.30 bits per heavy atom. The van der Waals surface area contributed by atoms with Gasteiger partial charge in [0.25, 0.3) is 0 Å². The summed E-state index contributed by atoms with van der Waals surface area (Å²) in [5, 5.41) is 20.3. The largest absolute Gasteiger partial charge is 0.491 e. The molecule has 1 saturated carbocycles. The van der Waals surface area contributed by atoms with Crippen molar-refractivity contribution in [3.63, 3.8) is 0 Å². The number of carbonyl (C=O) groups excluding carboxylic acids is 1. The van der Waals surface area contributed by atoms with Gasteiger partial charge in [-0.3, -0.25) is 4.79 Å². The number of fused-ring (bicyclic) bond motifs is 1. The molecule has 3 atom stereocenters. The molecule has 1 aliphatic carbocycles. The molecule has 4 rings (SSSR count). The molecule has 0 saturated heterocycles. The molecule has 0 bridgehead atoms. The number of carbonyl (C=O) groups is 1. The molecule has 3 aromatic rings. The minimum atomic E-state index is -4.74. The van der Waals surface area contributed by atoms with E-state index in [1.165, 1.54) is 23.0 Å². The smallest absolute Gasteiger partial charge is 0.417 e. The lowest BCUT2D eigenvalue weighted by Gasteiger charge is -2.15. The molecule has 1 aromatic carbocycles. The number of alkyl halides is 3. The first kappa shape index (κ1) is 22.7. The number of hydrogen-bond acceptors (Lipinski definition) is 8. The van der Waals surface area contributed by atoms with Crippen LogP contribution in [0, 0.1) is 11.8 Å². The second-order valence-electron chi connectivity index (χ2n) is 7.93. The Morgan fingerprint density at radius 2 is 2.06 bits per heavy atom. The van der Waals surface area contributed by atoms with E-state index in [1.54, 1.807) is 12.1 Å². The second kappa shape index (κ2) is 9.17. The number of nitrogens with one attached hydrogen (secondary N) is 1. The summed E-state index contributed by atoms with van der Waals surface area (Å²) in [6, 6.07) is 6.09. The molecule has 0 spiro atoms. The average Bonchev–Trinajstić information content (AvgIpc) is 3.43. The van der Waals surface area contributed by atoms with E-state index in [1.807, 2.05) is 0 Å². The lowest BCUT2D eigenvalue weighted by molar-refractivity contribution is -0.210. The Hall–Kier alpha value is -3.48. The third kappa shape index (κ3) is 5.30. The van der Waals surface area contributed by atoms with Crippen LogP contribution in [0.4, 0.5) is 19.1 Å². The number of hydrogen-bond donors (Lipinski definition) is 3. The van der Waals surface area contributed by atoms with Crippen LogP contribution < -0.4 is 15.8 Å². The molecule has 13 heteroatoms. The normalized spacial score (nSPS) is 19.5. The van der Waals surface area contributed by atoms with Gasteiger partial charge in [-0.25, -0.2) is 4.98 Å². The van der Waals surface area contributed by atoms with E-state index in [2.05, 4.69) is 25.6 Å². The summed E-state index contributed by atoms with van der Waals surface area (Å²) in [4.78, 5) is 20.0. The van der Waals surface area contributed by atoms with Crippen molar-refractivity contribution in [1.82, 2.24) is 25.0 Å². The fraction of sp³-hybridized carbons (Fsp3) is 0.450. The molecule has 0 aliphatic heterocycles. The van der Waals surface area contributed by atoms with E-state index >= 15 is 0 Å². The maximum absolute atomic E-state index is 12.4. The van der Waals surface area contributed by atoms with Crippen LogP contribution in [0.2, 0.25) is 0 Å². The highest BCUT2D eigenvalue weighted by atomic mass is 19.4. The molecule has 1 amide bonds. The Morgan fingerprint density at radius 3 is 2.73 bits per heavy atom. The quantitative estimate of drug-likeness (QED) is 0.458. The summed E-state index contributed by atoms with van der Waals surface area (Å²) in [7, 11) is 0. The number of amides is 1. The van der Waals surface area contributed by atoms with Gasteiger partial charge >= 0.3 is 6.18 Å². The number of halogens is 3. The summed E-state index contributed by atoms with van der Waals surface area (Å²) >= 11 is 0. The maximum Gasteiger partial charge on any atom is 0.417 e. The number of aliphatic hydroxyl groups excluding tert-OH is 1. The predicted molar refractivity (Wildman–Crippen MR) is 111 cm³/mol. The first-order valence-electron chi connectivity index (χ1n) is 10.3. The van der Waals surface area contributed by atoms with Crippen molar-refractivity contribution in [2.45, 2.75) is 31.5 Å². The van der Waals surface area contributed by atoms with Gasteiger partial charge in [-0.05, 0) is 49.4 Å². The molecule has 1 unspecified atom stereocenters. The lowest BCUT2D eigenvalue weighted by Crippen LogP contribution is -2.34. The summed E-state index contributed by atoms with van der Waals surface area (Å²) in [5.74, 6) is 0.491. The first-order chi connectivity index (χ1) is 15.7. The molecule has 0 radical (unpaired) electrons. The van der Waals surface area contributed by atoms with Crippen LogP contribution >= 0.6 is 0 Å². The number of aromatic nitrogens is 5. The van der Waals surface area contributed by atoms with E-state index in [0.717, 1.165) is 19.3 Å². The van der Waals surface area contributed by atoms with E-state index in [4.69, 9.17) is 15.6 Å². The highest BCUT2D eigenvalue weighted by Gasteiger charge is 2.38. The number of primary amides is 1. The topological polar surface area (TPSA) is 141 Å². The van der Waals surface area contributed by atoms with Crippen LogP contribution in [-0.4, -0.2) is 61.4 Å². The van der Waals surface area contributed by atoms with E-state index in [0.29, 0.717) is 35.3 Å². The van der Waals surface area contributed by atoms with Crippen molar-refractivity contribution in [2.24, 2.45) is 17.6 Å². The van der Waals surface area contributed by atoms with Gasteiger partial charge in [0.1, 0.15) is 12.4 Å². The average molecular weight is 465 g/mol. The van der Waals surface area contributed by atoms with Gasteiger partial charge in [0.05, 0.1) is 11.9 Å². The molecular formula is C20H22F3N7O3. The van der Waals surface area contributed by atoms with Crippen LogP contribution in [-0.2, 0) is 4.79 Å². The SMILES string of the molecule is NC(=O)[C@@H]1CCC(CNc2ncc3nnn(-c4ccc(OC[C@H](O)C(F)(F)F)cc4)c3n2)C1. The maximum atomic E-state index is 12.4. The number of rotatable bonds is 8. The molecule has 1 fully saturated rings. The Bertz CT molecular complexity index is 1120. The van der Waals surface area contributed by atoms with Crippen LogP contribution in [0.3, 0.4) is 0 Å². The molecule has 1 aliphatic rings. The monoisotopic (exact) mass is 465 g/mol. The minimum Gasteiger partial charge on any atom is -0.491 e. The van der Waals surface area contributed by atoms with E-state index in [9.17, 15) is 18.0 Å². The van der Waals surface area contributed by atoms with Crippen LogP contribution in [0.15, 0.2) is 30.5 Å². The Kier molecular flexibility index (Phi) is 6.31. The summed E-state index contributed by atoms with van der Waals surface area (Å²) < 4.78 is 43.6. The van der Waals surface area contributed by atoms with Crippen molar-refractivity contribution in [2.75, 3.05) is 18.5 Å². The highest BCUT2D eigenvalue weighted by Crippen LogP contribution is 2.30. The lowest BCUT2D eigenvalue weighted by atomic mass is 10.0. The molecular weight excluding hydrogens is 443 g/mol. The number of nitrogens with two attached hydrogens (primary N) is 1. The molecule has 176 valence electrons. The fourth-order valence-corrected chi connectivity index (χ4v) is 3.69. The van der Waals surface area contributed by atoms with Crippen molar-refractivity contribution >= 4 is 23.0 Å². The van der Waals surface area contributed by atoms with Gasteiger partial charge in [-0.2, -0.15) is 22.8 Å². The van der Waals surface area contributed by atoms with Crippen molar-refractivity contribution in [3.05, 3.63) is 30.5 Å². The van der Waals surface area contributed by atoms with Crippen LogP contribution in [0.1, 0.15) is 19.3 Å². The Labute approximate surface area is 186 Å². The van der Waals surface area contributed by atoms with Crippen LogP contribution in [0.5, 0.6) is 5.75 Å². The van der Waals surface area contributed by atoms with E-state index in [-0.39, 0.29) is 17.6 Å². The summed E-state index contributed by atoms with van der Waals surface area (Å²) in [6.45, 7) is -0.300. The number of ether oxygens (including phenoxy) is 1. The summed E-state index contributed by atoms with van der Waals surface area (Å²) in [6.07, 6.45) is -3.36. The highest BCUT2D eigenvalue weighted by molar-refractivity contribution is 5.77.